The van der Waals surface area contributed by atoms with Crippen LogP contribution in [-0.2, 0) is 14.3 Å². The van der Waals surface area contributed by atoms with Crippen LogP contribution >= 0.6 is 0 Å². The summed E-state index contributed by atoms with van der Waals surface area (Å²) in [7, 11) is 0. The molecule has 4 heteroatoms. The first-order valence-electron chi connectivity index (χ1n) is 11.2. The zero-order valence-electron chi connectivity index (χ0n) is 18.2. The van der Waals surface area contributed by atoms with Gasteiger partial charge in [-0.05, 0) is 73.8 Å². The molecule has 0 spiro atoms. The van der Waals surface area contributed by atoms with E-state index in [1.54, 1.807) is 6.08 Å². The lowest BCUT2D eigenvalue weighted by atomic mass is 9.50. The minimum atomic E-state index is -2.84. The minimum Gasteiger partial charge on any atom is -0.445 e. The number of hydrogen-bond acceptors (Lipinski definition) is 4. The van der Waals surface area contributed by atoms with Crippen LogP contribution in [0.1, 0.15) is 62.8 Å². The lowest BCUT2D eigenvalue weighted by molar-refractivity contribution is -0.168. The lowest BCUT2D eigenvalue weighted by Gasteiger charge is -2.56. The fourth-order valence-corrected chi connectivity index (χ4v) is 6.77. The normalized spacial score (nSPS) is 49.3. The van der Waals surface area contributed by atoms with Crippen LogP contribution in [0.25, 0.3) is 0 Å². The smallest absolute Gasteiger partial charge is 0.304 e. The van der Waals surface area contributed by atoms with Gasteiger partial charge in [-0.2, -0.15) is 0 Å². The molecule has 0 radical (unpaired) electrons. The summed E-state index contributed by atoms with van der Waals surface area (Å²) in [5.41, 5.74) is -0.853. The number of fused-ring (bicyclic) bond motifs is 5. The quantitative estimate of drug-likeness (QED) is 0.577. The number of aliphatic hydroxyl groups excluding tert-OH is 1. The Morgan fingerprint density at radius 3 is 2.92 bits per heavy atom. The molecule has 26 heavy (non-hydrogen) atoms. The van der Waals surface area contributed by atoms with Crippen LogP contribution < -0.4 is 0 Å². The highest BCUT2D eigenvalue weighted by atomic mass is 16.6. The summed E-state index contributed by atoms with van der Waals surface area (Å²) in [6, 6.07) is 0. The Bertz CT molecular complexity index is 810. The molecule has 4 aliphatic carbocycles. The van der Waals surface area contributed by atoms with Crippen LogP contribution in [0.5, 0.6) is 0 Å². The first kappa shape index (κ1) is 14.5. The molecule has 4 nitrogen and oxygen atoms in total. The number of aliphatic hydroxyl groups is 1. The fraction of sp³-hybridized carbons (Fsp3) is 0.727. The van der Waals surface area contributed by atoms with E-state index in [2.05, 4.69) is 5.92 Å². The zero-order valence-corrected chi connectivity index (χ0v) is 15.2. The number of carbonyl (C=O) groups excluding carboxylic acids is 2. The number of terminal acetylenes is 1. The maximum Gasteiger partial charge on any atom is 0.304 e. The second-order valence-electron chi connectivity index (χ2n) is 8.80. The third kappa shape index (κ3) is 2.33. The highest BCUT2D eigenvalue weighted by Crippen LogP contribution is 2.65. The molecule has 3 saturated carbocycles. The Hall–Kier alpha value is -1.60. The molecular weight excluding hydrogens is 328 g/mol. The van der Waals surface area contributed by atoms with Gasteiger partial charge in [0.05, 0.1) is 6.10 Å². The SMILES string of the molecule is [2H]C([2H])([2H])C(=O)O[C@@]1(C#C)CC[C@H]2[C@@H]3C[C@@H](O)C4=CC(=O)CC[C@@H]4[C@H]3CC[C@@]21C. The highest BCUT2D eigenvalue weighted by Gasteiger charge is 2.64. The van der Waals surface area contributed by atoms with Crippen LogP contribution in [-0.4, -0.2) is 28.6 Å². The molecule has 0 aromatic rings. The summed E-state index contributed by atoms with van der Waals surface area (Å²) >= 11 is 0. The molecule has 7 atom stereocenters. The van der Waals surface area contributed by atoms with Gasteiger partial charge in [0.15, 0.2) is 11.4 Å². The van der Waals surface area contributed by atoms with Gasteiger partial charge in [0.2, 0.25) is 0 Å². The average Bonchev–Trinajstić information content (AvgIpc) is 2.94. The third-order valence-corrected chi connectivity index (χ3v) is 7.97. The van der Waals surface area contributed by atoms with Crippen molar-refractivity contribution >= 4 is 11.8 Å². The van der Waals surface area contributed by atoms with E-state index in [9.17, 15) is 14.7 Å². The summed E-state index contributed by atoms with van der Waals surface area (Å²) in [5.74, 6) is 2.50. The fourth-order valence-electron chi connectivity index (χ4n) is 6.77. The lowest BCUT2D eigenvalue weighted by Crippen LogP contribution is -2.55. The van der Waals surface area contributed by atoms with Gasteiger partial charge < -0.3 is 9.84 Å². The van der Waals surface area contributed by atoms with Gasteiger partial charge in [-0.25, -0.2) is 0 Å². The van der Waals surface area contributed by atoms with E-state index in [0.717, 1.165) is 31.3 Å². The summed E-state index contributed by atoms with van der Waals surface area (Å²) in [5, 5.41) is 10.8. The van der Waals surface area contributed by atoms with E-state index in [0.29, 0.717) is 25.2 Å². The van der Waals surface area contributed by atoms with Crippen molar-refractivity contribution in [2.75, 3.05) is 0 Å². The van der Waals surface area contributed by atoms with Crippen LogP contribution in [0.4, 0.5) is 0 Å². The summed E-state index contributed by atoms with van der Waals surface area (Å²) in [4.78, 5) is 24.1. The second kappa shape index (κ2) is 5.96. The van der Waals surface area contributed by atoms with Crippen molar-refractivity contribution < 1.29 is 23.5 Å². The van der Waals surface area contributed by atoms with Gasteiger partial charge in [-0.3, -0.25) is 9.59 Å². The molecule has 1 N–H and O–H groups in total. The molecule has 0 aromatic carbocycles. The van der Waals surface area contributed by atoms with Gasteiger partial charge in [0.1, 0.15) is 0 Å². The molecule has 140 valence electrons. The average molecular weight is 359 g/mol. The molecule has 0 aliphatic heterocycles. The highest BCUT2D eigenvalue weighted by molar-refractivity contribution is 5.91. The first-order valence-corrected chi connectivity index (χ1v) is 9.66. The Balaban J connectivity index is 1.65. The molecular formula is C22H28O4. The van der Waals surface area contributed by atoms with E-state index >= 15 is 0 Å². The molecule has 0 unspecified atom stereocenters. The molecule has 4 aliphatic rings. The molecule has 0 aromatic heterocycles. The number of ketones is 1. The van der Waals surface area contributed by atoms with Gasteiger partial charge >= 0.3 is 5.97 Å². The van der Waals surface area contributed by atoms with Crippen molar-refractivity contribution in [1.29, 1.82) is 0 Å². The number of hydrogen-bond donors (Lipinski definition) is 1. The first-order chi connectivity index (χ1) is 13.5. The largest absolute Gasteiger partial charge is 0.445 e. The van der Waals surface area contributed by atoms with Crippen LogP contribution in [0.2, 0.25) is 0 Å². The van der Waals surface area contributed by atoms with Crippen LogP contribution in [0.15, 0.2) is 11.6 Å². The summed E-state index contributed by atoms with van der Waals surface area (Å²) in [6.45, 7) is -0.819. The second-order valence-corrected chi connectivity index (χ2v) is 8.80. The summed E-state index contributed by atoms with van der Waals surface area (Å²) < 4.78 is 27.7. The van der Waals surface area contributed by atoms with Crippen molar-refractivity contribution in [3.05, 3.63) is 11.6 Å². The predicted molar refractivity (Wildman–Crippen MR) is 96.8 cm³/mol. The van der Waals surface area contributed by atoms with Crippen molar-refractivity contribution in [2.45, 2.75) is 70.4 Å². The van der Waals surface area contributed by atoms with Crippen molar-refractivity contribution in [2.24, 2.45) is 29.1 Å². The Labute approximate surface area is 159 Å². The van der Waals surface area contributed by atoms with E-state index < -0.39 is 29.9 Å². The van der Waals surface area contributed by atoms with E-state index in [1.807, 2.05) is 6.92 Å². The van der Waals surface area contributed by atoms with E-state index in [-0.39, 0.29) is 23.5 Å². The van der Waals surface area contributed by atoms with Crippen molar-refractivity contribution in [3.63, 3.8) is 0 Å². The van der Waals surface area contributed by atoms with Gasteiger partial charge in [0, 0.05) is 22.8 Å². The number of rotatable bonds is 1. The van der Waals surface area contributed by atoms with Gasteiger partial charge in [-0.1, -0.05) is 12.8 Å². The van der Waals surface area contributed by atoms with Gasteiger partial charge in [-0.15, -0.1) is 6.42 Å². The van der Waals surface area contributed by atoms with Crippen LogP contribution in [0, 0.1) is 41.4 Å². The predicted octanol–water partition coefficient (Wildman–Crippen LogP) is 3.03. The Kier molecular flexibility index (Phi) is 3.31. The summed E-state index contributed by atoms with van der Waals surface area (Å²) in [6.07, 6.45) is 11.6. The minimum absolute atomic E-state index is 0.0955. The molecule has 0 saturated heterocycles. The Morgan fingerprint density at radius 1 is 1.38 bits per heavy atom. The van der Waals surface area contributed by atoms with Crippen molar-refractivity contribution in [3.8, 4) is 12.3 Å². The monoisotopic (exact) mass is 359 g/mol. The van der Waals surface area contributed by atoms with E-state index in [4.69, 9.17) is 15.3 Å². The molecule has 0 amide bonds. The molecule has 3 fully saturated rings. The van der Waals surface area contributed by atoms with E-state index in [1.165, 1.54) is 0 Å². The topological polar surface area (TPSA) is 63.6 Å². The zero-order chi connectivity index (χ0) is 21.2. The van der Waals surface area contributed by atoms with Crippen LogP contribution in [0.3, 0.4) is 0 Å². The number of ether oxygens (including phenoxy) is 1. The molecule has 4 rings (SSSR count). The Morgan fingerprint density at radius 2 is 2.19 bits per heavy atom. The van der Waals surface area contributed by atoms with Gasteiger partial charge in [0.25, 0.3) is 0 Å². The molecule has 0 bridgehead atoms. The number of esters is 1. The third-order valence-electron chi connectivity index (χ3n) is 7.97. The maximum atomic E-state index is 12.2. The number of carbonyl (C=O) groups is 2. The maximum absolute atomic E-state index is 12.2. The van der Waals surface area contributed by atoms with Crippen molar-refractivity contribution in [1.82, 2.24) is 0 Å². The standard InChI is InChI=1S/C22H28O4/c1-4-22(26-13(2)23)10-8-19-17-12-20(25)18-11-14(24)5-6-15(18)16(17)7-9-21(19,22)3/h1,11,15-17,19-20,25H,5-10,12H2,2-3H3/t15-,16-,17-,19+,20-,21+,22+/m1/s1/i2D3. The molecule has 0 heterocycles.